The van der Waals surface area contributed by atoms with Crippen LogP contribution in [0.1, 0.15) is 24.2 Å². The van der Waals surface area contributed by atoms with Crippen LogP contribution < -0.4 is 9.47 Å². The summed E-state index contributed by atoms with van der Waals surface area (Å²) in [5, 5.41) is 9.04. The monoisotopic (exact) mass is 210 g/mol. The molecule has 0 aliphatic carbocycles. The second kappa shape index (κ2) is 5.24. The Bertz CT molecular complexity index is 322. The maximum atomic E-state index is 11.0. The van der Waals surface area contributed by atoms with Crippen molar-refractivity contribution in [3.05, 3.63) is 23.8 Å². The maximum absolute atomic E-state index is 11.0. The van der Waals surface area contributed by atoms with Gasteiger partial charge in [-0.15, -0.1) is 0 Å². The van der Waals surface area contributed by atoms with Crippen LogP contribution in [0.5, 0.6) is 11.5 Å². The number of aromatic carboxylic acids is 1. The van der Waals surface area contributed by atoms with Crippen molar-refractivity contribution in [1.82, 2.24) is 0 Å². The van der Waals surface area contributed by atoms with Crippen molar-refractivity contribution in [2.24, 2.45) is 0 Å². The molecule has 0 bridgehead atoms. The summed E-state index contributed by atoms with van der Waals surface area (Å²) in [4.78, 5) is 11.0. The standard InChI is InChI=1S/C11H14O4/c1-3-14-8-6-5-7-9(15-4-2)10(8)11(12)13/h5-7H,3-4H2,1-2H3,(H,12,13). The summed E-state index contributed by atoms with van der Waals surface area (Å²) in [6.45, 7) is 4.46. The summed E-state index contributed by atoms with van der Waals surface area (Å²) in [5.41, 5.74) is 0.0844. The van der Waals surface area contributed by atoms with Gasteiger partial charge in [0.2, 0.25) is 0 Å². The van der Waals surface area contributed by atoms with E-state index in [1.165, 1.54) is 0 Å². The highest BCUT2D eigenvalue weighted by atomic mass is 16.5. The van der Waals surface area contributed by atoms with Gasteiger partial charge in [0.15, 0.2) is 0 Å². The highest BCUT2D eigenvalue weighted by molar-refractivity contribution is 5.94. The van der Waals surface area contributed by atoms with Crippen LogP contribution >= 0.6 is 0 Å². The Morgan fingerprint density at radius 2 is 1.67 bits per heavy atom. The molecule has 0 saturated carbocycles. The lowest BCUT2D eigenvalue weighted by Gasteiger charge is -2.11. The zero-order valence-electron chi connectivity index (χ0n) is 8.82. The third-order valence-corrected chi connectivity index (χ3v) is 1.80. The minimum atomic E-state index is -1.04. The minimum absolute atomic E-state index is 0.0844. The van der Waals surface area contributed by atoms with Crippen LogP contribution in [0.4, 0.5) is 0 Å². The number of hydrogen-bond donors (Lipinski definition) is 1. The highest BCUT2D eigenvalue weighted by Crippen LogP contribution is 2.28. The van der Waals surface area contributed by atoms with Gasteiger partial charge in [-0.05, 0) is 26.0 Å². The molecule has 0 aliphatic heterocycles. The topological polar surface area (TPSA) is 55.8 Å². The molecule has 0 spiro atoms. The fourth-order valence-corrected chi connectivity index (χ4v) is 1.27. The smallest absolute Gasteiger partial charge is 0.343 e. The van der Waals surface area contributed by atoms with E-state index in [-0.39, 0.29) is 5.56 Å². The Hall–Kier alpha value is -1.71. The van der Waals surface area contributed by atoms with E-state index < -0.39 is 5.97 Å². The van der Waals surface area contributed by atoms with E-state index in [1.54, 1.807) is 32.0 Å². The molecule has 82 valence electrons. The molecular weight excluding hydrogens is 196 g/mol. The van der Waals surface area contributed by atoms with Crippen molar-refractivity contribution >= 4 is 5.97 Å². The van der Waals surface area contributed by atoms with Crippen molar-refractivity contribution in [2.75, 3.05) is 13.2 Å². The Kier molecular flexibility index (Phi) is 3.97. The van der Waals surface area contributed by atoms with Gasteiger partial charge >= 0.3 is 5.97 Å². The summed E-state index contributed by atoms with van der Waals surface area (Å²) >= 11 is 0. The lowest BCUT2D eigenvalue weighted by Crippen LogP contribution is -2.06. The van der Waals surface area contributed by atoms with Crippen LogP contribution in [-0.4, -0.2) is 24.3 Å². The number of carboxylic acids is 1. The van der Waals surface area contributed by atoms with Crippen LogP contribution in [0.2, 0.25) is 0 Å². The van der Waals surface area contributed by atoms with Gasteiger partial charge in [0.25, 0.3) is 0 Å². The average molecular weight is 210 g/mol. The lowest BCUT2D eigenvalue weighted by molar-refractivity contribution is 0.0688. The summed E-state index contributed by atoms with van der Waals surface area (Å²) in [5.74, 6) is -0.352. The third-order valence-electron chi connectivity index (χ3n) is 1.80. The first kappa shape index (κ1) is 11.4. The molecule has 0 aromatic heterocycles. The number of rotatable bonds is 5. The fourth-order valence-electron chi connectivity index (χ4n) is 1.27. The molecule has 4 nitrogen and oxygen atoms in total. The molecule has 1 aromatic carbocycles. The Morgan fingerprint density at radius 3 is 2.00 bits per heavy atom. The van der Waals surface area contributed by atoms with Crippen molar-refractivity contribution in [3.8, 4) is 11.5 Å². The highest BCUT2D eigenvalue weighted by Gasteiger charge is 2.17. The van der Waals surface area contributed by atoms with Crippen molar-refractivity contribution in [2.45, 2.75) is 13.8 Å². The molecule has 15 heavy (non-hydrogen) atoms. The van der Waals surface area contributed by atoms with E-state index in [1.807, 2.05) is 0 Å². The number of benzene rings is 1. The first-order valence-electron chi connectivity index (χ1n) is 4.82. The molecule has 0 aliphatic rings. The van der Waals surface area contributed by atoms with Gasteiger partial charge in [0, 0.05) is 0 Å². The zero-order valence-corrected chi connectivity index (χ0v) is 8.82. The van der Waals surface area contributed by atoms with Crippen LogP contribution in [0, 0.1) is 0 Å². The minimum Gasteiger partial charge on any atom is -0.493 e. The maximum Gasteiger partial charge on any atom is 0.343 e. The van der Waals surface area contributed by atoms with E-state index in [4.69, 9.17) is 14.6 Å². The van der Waals surface area contributed by atoms with Gasteiger partial charge in [-0.25, -0.2) is 4.79 Å². The molecule has 4 heteroatoms. The first-order valence-corrected chi connectivity index (χ1v) is 4.82. The molecule has 1 rings (SSSR count). The summed E-state index contributed by atoms with van der Waals surface area (Å²) in [6.07, 6.45) is 0. The van der Waals surface area contributed by atoms with Gasteiger partial charge in [0.05, 0.1) is 13.2 Å². The van der Waals surface area contributed by atoms with E-state index in [0.717, 1.165) is 0 Å². The molecule has 0 saturated heterocycles. The summed E-state index contributed by atoms with van der Waals surface area (Å²) in [6, 6.07) is 4.95. The normalized spacial score (nSPS) is 9.73. The fraction of sp³-hybridized carbons (Fsp3) is 0.364. The van der Waals surface area contributed by atoms with Crippen molar-refractivity contribution < 1.29 is 19.4 Å². The molecule has 0 radical (unpaired) electrons. The second-order valence-corrected chi connectivity index (χ2v) is 2.80. The van der Waals surface area contributed by atoms with E-state index in [2.05, 4.69) is 0 Å². The number of ether oxygens (including phenoxy) is 2. The van der Waals surface area contributed by atoms with Crippen LogP contribution in [0.3, 0.4) is 0 Å². The molecule has 0 atom stereocenters. The molecule has 0 amide bonds. The largest absolute Gasteiger partial charge is 0.493 e. The van der Waals surface area contributed by atoms with E-state index >= 15 is 0 Å². The van der Waals surface area contributed by atoms with Crippen LogP contribution in [-0.2, 0) is 0 Å². The van der Waals surface area contributed by atoms with Gasteiger partial charge in [-0.2, -0.15) is 0 Å². The van der Waals surface area contributed by atoms with Crippen molar-refractivity contribution in [1.29, 1.82) is 0 Å². The van der Waals surface area contributed by atoms with Gasteiger partial charge in [0.1, 0.15) is 17.1 Å². The van der Waals surface area contributed by atoms with Gasteiger partial charge in [-0.1, -0.05) is 6.07 Å². The second-order valence-electron chi connectivity index (χ2n) is 2.80. The first-order chi connectivity index (χ1) is 7.20. The van der Waals surface area contributed by atoms with Crippen LogP contribution in [0.15, 0.2) is 18.2 Å². The predicted octanol–water partition coefficient (Wildman–Crippen LogP) is 2.18. The number of carbonyl (C=O) groups is 1. The lowest BCUT2D eigenvalue weighted by atomic mass is 10.2. The molecule has 0 fully saturated rings. The zero-order chi connectivity index (χ0) is 11.3. The Labute approximate surface area is 88.4 Å². The quantitative estimate of drug-likeness (QED) is 0.809. The Balaban J connectivity index is 3.15. The summed E-state index contributed by atoms with van der Waals surface area (Å²) in [7, 11) is 0. The van der Waals surface area contributed by atoms with Gasteiger partial charge in [-0.3, -0.25) is 0 Å². The SMILES string of the molecule is CCOc1cccc(OCC)c1C(=O)O. The molecule has 0 unspecified atom stereocenters. The third kappa shape index (κ3) is 2.62. The molecule has 0 heterocycles. The van der Waals surface area contributed by atoms with Gasteiger partial charge < -0.3 is 14.6 Å². The summed E-state index contributed by atoms with van der Waals surface area (Å²) < 4.78 is 10.4. The predicted molar refractivity (Wildman–Crippen MR) is 55.7 cm³/mol. The molecular formula is C11H14O4. The number of hydrogen-bond acceptors (Lipinski definition) is 3. The molecule has 1 N–H and O–H groups in total. The van der Waals surface area contributed by atoms with E-state index in [9.17, 15) is 4.79 Å². The van der Waals surface area contributed by atoms with E-state index in [0.29, 0.717) is 24.7 Å². The van der Waals surface area contributed by atoms with Crippen molar-refractivity contribution in [3.63, 3.8) is 0 Å². The Morgan fingerprint density at radius 1 is 1.20 bits per heavy atom. The molecule has 1 aromatic rings. The average Bonchev–Trinajstić information content (AvgIpc) is 2.18. The van der Waals surface area contributed by atoms with Crippen LogP contribution in [0.25, 0.3) is 0 Å². The number of carboxylic acid groups (broad SMARTS) is 1.